The molecule has 1 aliphatic rings. The lowest BCUT2D eigenvalue weighted by molar-refractivity contribution is 0.0737. The summed E-state index contributed by atoms with van der Waals surface area (Å²) < 4.78 is 5.14. The number of hydrogen-bond donors (Lipinski definition) is 0. The summed E-state index contributed by atoms with van der Waals surface area (Å²) >= 11 is 6.02. The van der Waals surface area contributed by atoms with Crippen molar-refractivity contribution in [2.75, 3.05) is 0 Å². The lowest BCUT2D eigenvalue weighted by atomic mass is 10.1. The molecule has 0 aliphatic carbocycles. The van der Waals surface area contributed by atoms with Crippen LogP contribution in [-0.4, -0.2) is 11.9 Å². The molecule has 0 saturated heterocycles. The Balaban J connectivity index is 2.11. The van der Waals surface area contributed by atoms with E-state index >= 15 is 0 Å². The van der Waals surface area contributed by atoms with Crippen molar-refractivity contribution in [3.8, 4) is 0 Å². The number of ether oxygens (including phenoxy) is 1. The van der Waals surface area contributed by atoms with Crippen LogP contribution in [0.5, 0.6) is 0 Å². The van der Waals surface area contributed by atoms with Crippen molar-refractivity contribution in [2.24, 2.45) is 4.99 Å². The Hall–Kier alpha value is -2.13. The summed E-state index contributed by atoms with van der Waals surface area (Å²) in [5, 5.41) is 0.519. The minimum Gasteiger partial charge on any atom is -0.403 e. The zero-order valence-electron chi connectivity index (χ0n) is 9.26. The number of nitrogens with zero attached hydrogens (tertiary/aromatic N) is 1. The van der Waals surface area contributed by atoms with Crippen molar-refractivity contribution >= 4 is 29.2 Å². The molecular weight excluding hydrogens is 250 g/mol. The van der Waals surface area contributed by atoms with E-state index < -0.39 is 0 Å². The van der Waals surface area contributed by atoms with Gasteiger partial charge >= 0.3 is 5.97 Å². The van der Waals surface area contributed by atoms with Crippen molar-refractivity contribution < 1.29 is 9.53 Å². The summed E-state index contributed by atoms with van der Waals surface area (Å²) in [6, 6.07) is 14.3. The molecule has 1 aliphatic heterocycles. The Bertz CT molecular complexity index is 664. The van der Waals surface area contributed by atoms with E-state index in [1.165, 1.54) is 0 Å². The van der Waals surface area contributed by atoms with Gasteiger partial charge in [0.2, 0.25) is 5.90 Å². The lowest BCUT2D eigenvalue weighted by Gasteiger charge is -1.99. The number of halogens is 1. The molecule has 0 atom stereocenters. The topological polar surface area (TPSA) is 38.7 Å². The molecule has 3 rings (SSSR count). The molecule has 3 nitrogen and oxygen atoms in total. The van der Waals surface area contributed by atoms with Crippen LogP contribution < -0.4 is 0 Å². The van der Waals surface area contributed by atoms with Crippen LogP contribution in [0.3, 0.4) is 0 Å². The molecular formula is C14H8ClNO2. The first kappa shape index (κ1) is 11.0. The highest BCUT2D eigenvalue weighted by molar-refractivity contribution is 6.33. The van der Waals surface area contributed by atoms with E-state index in [1.54, 1.807) is 30.3 Å². The van der Waals surface area contributed by atoms with Gasteiger partial charge in [-0.1, -0.05) is 35.9 Å². The van der Waals surface area contributed by atoms with Crippen LogP contribution >= 0.6 is 11.6 Å². The van der Waals surface area contributed by atoms with E-state index in [1.807, 2.05) is 18.2 Å². The number of benzene rings is 2. The van der Waals surface area contributed by atoms with E-state index in [4.69, 9.17) is 16.3 Å². The van der Waals surface area contributed by atoms with Gasteiger partial charge in [0, 0.05) is 0 Å². The smallest absolute Gasteiger partial charge is 0.345 e. The normalized spacial score (nSPS) is 15.6. The standard InChI is InChI=1S/C14H8ClNO2/c15-11-7-3-4-8-12(11)16-13-9-5-1-2-6-10(9)14(17)18-13/h1-8H. The predicted octanol–water partition coefficient (Wildman–Crippen LogP) is 3.59. The second-order valence-electron chi connectivity index (χ2n) is 3.80. The number of fused-ring (bicyclic) bond motifs is 1. The van der Waals surface area contributed by atoms with Crippen LogP contribution in [0.15, 0.2) is 53.5 Å². The summed E-state index contributed by atoms with van der Waals surface area (Å²) in [5.74, 6) is -0.0832. The highest BCUT2D eigenvalue weighted by Gasteiger charge is 2.27. The van der Waals surface area contributed by atoms with Gasteiger partial charge in [-0.15, -0.1) is 0 Å². The minimum absolute atomic E-state index is 0.295. The first-order chi connectivity index (χ1) is 8.75. The molecule has 0 bridgehead atoms. The molecule has 0 spiro atoms. The van der Waals surface area contributed by atoms with Crippen molar-refractivity contribution in [2.45, 2.75) is 0 Å². The molecule has 4 heteroatoms. The molecule has 88 valence electrons. The Morgan fingerprint density at radius 3 is 2.39 bits per heavy atom. The average molecular weight is 258 g/mol. The van der Waals surface area contributed by atoms with Gasteiger partial charge in [-0.05, 0) is 24.3 Å². The van der Waals surface area contributed by atoms with Crippen molar-refractivity contribution in [1.29, 1.82) is 0 Å². The molecule has 0 radical (unpaired) electrons. The summed E-state index contributed by atoms with van der Waals surface area (Å²) in [7, 11) is 0. The number of carbonyl (C=O) groups excluding carboxylic acids is 1. The quantitative estimate of drug-likeness (QED) is 0.733. The molecule has 0 unspecified atom stereocenters. The summed E-state index contributed by atoms with van der Waals surface area (Å²) in [6.45, 7) is 0. The molecule has 2 aromatic rings. The first-order valence-corrected chi connectivity index (χ1v) is 5.78. The Labute approximate surface area is 109 Å². The fraction of sp³-hybridized carbons (Fsp3) is 0. The molecule has 0 aromatic heterocycles. The maximum absolute atomic E-state index is 11.6. The Kier molecular flexibility index (Phi) is 2.61. The number of carbonyl (C=O) groups is 1. The van der Waals surface area contributed by atoms with E-state index in [-0.39, 0.29) is 5.97 Å². The van der Waals surface area contributed by atoms with E-state index in [9.17, 15) is 4.79 Å². The van der Waals surface area contributed by atoms with Crippen LogP contribution in [0.4, 0.5) is 5.69 Å². The van der Waals surface area contributed by atoms with Crippen LogP contribution in [-0.2, 0) is 4.74 Å². The Morgan fingerprint density at radius 2 is 1.61 bits per heavy atom. The van der Waals surface area contributed by atoms with Gasteiger partial charge < -0.3 is 4.74 Å². The number of rotatable bonds is 1. The summed E-state index contributed by atoms with van der Waals surface area (Å²) in [5.41, 5.74) is 1.81. The molecule has 0 fully saturated rings. The van der Waals surface area contributed by atoms with Crippen molar-refractivity contribution in [3.63, 3.8) is 0 Å². The minimum atomic E-state index is -0.378. The number of cyclic esters (lactones) is 1. The van der Waals surface area contributed by atoms with Gasteiger partial charge in [0.15, 0.2) is 0 Å². The highest BCUT2D eigenvalue weighted by Crippen LogP contribution is 2.27. The number of para-hydroxylation sites is 1. The van der Waals surface area contributed by atoms with Gasteiger partial charge in [-0.2, -0.15) is 0 Å². The summed E-state index contributed by atoms with van der Waals surface area (Å²) in [4.78, 5) is 15.9. The Morgan fingerprint density at radius 1 is 0.944 bits per heavy atom. The number of hydrogen-bond acceptors (Lipinski definition) is 3. The monoisotopic (exact) mass is 257 g/mol. The first-order valence-electron chi connectivity index (χ1n) is 5.40. The molecule has 2 aromatic carbocycles. The predicted molar refractivity (Wildman–Crippen MR) is 69.5 cm³/mol. The SMILES string of the molecule is O=C1OC(=Nc2ccccc2Cl)c2ccccc21. The number of esters is 1. The fourth-order valence-corrected chi connectivity index (χ4v) is 1.96. The van der Waals surface area contributed by atoms with Crippen LogP contribution in [0, 0.1) is 0 Å². The third kappa shape index (κ3) is 1.79. The maximum atomic E-state index is 11.6. The van der Waals surface area contributed by atoms with Gasteiger partial charge in [0.1, 0.15) is 0 Å². The lowest BCUT2D eigenvalue weighted by Crippen LogP contribution is -1.99. The van der Waals surface area contributed by atoms with E-state index in [0.29, 0.717) is 27.7 Å². The molecule has 1 heterocycles. The zero-order chi connectivity index (χ0) is 12.5. The average Bonchev–Trinajstić information content (AvgIpc) is 2.70. The molecule has 18 heavy (non-hydrogen) atoms. The molecule has 0 saturated carbocycles. The fourth-order valence-electron chi connectivity index (χ4n) is 1.78. The third-order valence-corrected chi connectivity index (χ3v) is 2.96. The van der Waals surface area contributed by atoms with Gasteiger partial charge in [0.05, 0.1) is 21.8 Å². The molecule has 0 amide bonds. The van der Waals surface area contributed by atoms with Crippen molar-refractivity contribution in [3.05, 3.63) is 64.7 Å². The second kappa shape index (κ2) is 4.27. The van der Waals surface area contributed by atoms with E-state index in [0.717, 1.165) is 0 Å². The summed E-state index contributed by atoms with van der Waals surface area (Å²) in [6.07, 6.45) is 0. The zero-order valence-corrected chi connectivity index (χ0v) is 10.0. The van der Waals surface area contributed by atoms with Gasteiger partial charge in [-0.3, -0.25) is 0 Å². The largest absolute Gasteiger partial charge is 0.403 e. The third-order valence-electron chi connectivity index (χ3n) is 2.64. The number of aliphatic imine (C=N–C) groups is 1. The van der Waals surface area contributed by atoms with Crippen LogP contribution in [0.1, 0.15) is 15.9 Å². The maximum Gasteiger partial charge on any atom is 0.345 e. The van der Waals surface area contributed by atoms with Gasteiger partial charge in [-0.25, -0.2) is 9.79 Å². The van der Waals surface area contributed by atoms with Crippen LogP contribution in [0.25, 0.3) is 0 Å². The van der Waals surface area contributed by atoms with Gasteiger partial charge in [0.25, 0.3) is 0 Å². The van der Waals surface area contributed by atoms with Crippen LogP contribution in [0.2, 0.25) is 5.02 Å². The molecule has 0 N–H and O–H groups in total. The highest BCUT2D eigenvalue weighted by atomic mass is 35.5. The van der Waals surface area contributed by atoms with Crippen molar-refractivity contribution in [1.82, 2.24) is 0 Å². The second-order valence-corrected chi connectivity index (χ2v) is 4.21. The van der Waals surface area contributed by atoms with E-state index in [2.05, 4.69) is 4.99 Å².